The van der Waals surface area contributed by atoms with Gasteiger partial charge in [0, 0.05) is 5.92 Å². The van der Waals surface area contributed by atoms with Crippen molar-refractivity contribution in [3.8, 4) is 0 Å². The minimum atomic E-state index is -0.219. The Balaban J connectivity index is 1.49. The molecule has 0 aromatic heterocycles. The second kappa shape index (κ2) is 13.3. The molecule has 0 aliphatic rings. The number of aryl methyl sites for hydroxylation is 1. The van der Waals surface area contributed by atoms with Crippen molar-refractivity contribution in [1.29, 1.82) is 0 Å². The third-order valence-corrected chi connectivity index (χ3v) is 6.87. The predicted octanol–water partition coefficient (Wildman–Crippen LogP) is 9.40. The van der Waals surface area contributed by atoms with Crippen LogP contribution in [0.15, 0.2) is 72.8 Å². The Labute approximate surface area is 199 Å². The van der Waals surface area contributed by atoms with Crippen molar-refractivity contribution >= 4 is 0 Å². The van der Waals surface area contributed by atoms with Crippen molar-refractivity contribution in [2.75, 3.05) is 0 Å². The van der Waals surface area contributed by atoms with Crippen molar-refractivity contribution in [3.63, 3.8) is 0 Å². The minimum Gasteiger partial charge on any atom is -0.207 e. The van der Waals surface area contributed by atoms with E-state index in [1.165, 1.54) is 80.3 Å². The summed E-state index contributed by atoms with van der Waals surface area (Å²) in [5.74, 6) is 0.509. The molecule has 176 valence electrons. The van der Waals surface area contributed by atoms with Crippen LogP contribution < -0.4 is 0 Å². The van der Waals surface area contributed by atoms with Gasteiger partial charge in [0.05, 0.1) is 0 Å². The van der Waals surface area contributed by atoms with Crippen LogP contribution >= 0.6 is 0 Å². The second-order valence-corrected chi connectivity index (χ2v) is 9.43. The molecule has 0 saturated heterocycles. The summed E-state index contributed by atoms with van der Waals surface area (Å²) < 4.78 is 26.9. The van der Waals surface area contributed by atoms with Crippen LogP contribution in [0.5, 0.6) is 0 Å². The highest BCUT2D eigenvalue weighted by molar-refractivity contribution is 5.32. The molecule has 0 saturated carbocycles. The first-order valence-electron chi connectivity index (χ1n) is 12.6. The molecule has 1 unspecified atom stereocenters. The molecule has 3 rings (SSSR count). The highest BCUT2D eigenvalue weighted by atomic mass is 19.1. The average Bonchev–Trinajstić information content (AvgIpc) is 2.82. The van der Waals surface area contributed by atoms with E-state index in [0.717, 1.165) is 29.9 Å². The zero-order valence-electron chi connectivity index (χ0n) is 20.2. The molecule has 0 spiro atoms. The summed E-state index contributed by atoms with van der Waals surface area (Å²) in [6.07, 6.45) is 10.9. The summed E-state index contributed by atoms with van der Waals surface area (Å²) in [6, 6.07) is 22.3. The summed E-state index contributed by atoms with van der Waals surface area (Å²) >= 11 is 0. The first kappa shape index (κ1) is 25.1. The third kappa shape index (κ3) is 8.11. The summed E-state index contributed by atoms with van der Waals surface area (Å²) in [7, 11) is 0. The standard InChI is InChI=1S/C31H38F2/c1-3-10-25(23-28-13-9-8-11-24(28)2)12-6-4-5-7-14-31(26-15-19-29(32)20-16-26)27-17-21-30(33)22-18-27/h8-9,11,13,15-22,25,31H,3-7,10,12,14,23H2,1-2H3. The van der Waals surface area contributed by atoms with E-state index in [4.69, 9.17) is 0 Å². The molecule has 2 heteroatoms. The summed E-state index contributed by atoms with van der Waals surface area (Å²) in [6.45, 7) is 4.51. The number of hydrogen-bond donors (Lipinski definition) is 0. The van der Waals surface area contributed by atoms with Crippen LogP contribution in [0.3, 0.4) is 0 Å². The Morgan fingerprint density at radius 1 is 0.636 bits per heavy atom. The monoisotopic (exact) mass is 448 g/mol. The lowest BCUT2D eigenvalue weighted by Gasteiger charge is -2.19. The Kier molecular flexibility index (Phi) is 10.1. The minimum absolute atomic E-state index is 0.181. The van der Waals surface area contributed by atoms with E-state index in [1.54, 1.807) is 0 Å². The van der Waals surface area contributed by atoms with Gasteiger partial charge in [-0.15, -0.1) is 0 Å². The van der Waals surface area contributed by atoms with Crippen LogP contribution in [0.4, 0.5) is 8.78 Å². The lowest BCUT2D eigenvalue weighted by molar-refractivity contribution is 0.416. The molecule has 3 aromatic carbocycles. The lowest BCUT2D eigenvalue weighted by Crippen LogP contribution is -2.06. The SMILES string of the molecule is CCCC(CCCCCCC(c1ccc(F)cc1)c1ccc(F)cc1)Cc1ccccc1C. The van der Waals surface area contributed by atoms with Gasteiger partial charge in [-0.2, -0.15) is 0 Å². The van der Waals surface area contributed by atoms with Gasteiger partial charge >= 0.3 is 0 Å². The van der Waals surface area contributed by atoms with Gasteiger partial charge < -0.3 is 0 Å². The molecule has 0 N–H and O–H groups in total. The van der Waals surface area contributed by atoms with Gasteiger partial charge in [-0.1, -0.05) is 100 Å². The number of hydrogen-bond acceptors (Lipinski definition) is 0. The molecule has 0 aliphatic carbocycles. The van der Waals surface area contributed by atoms with Crippen molar-refractivity contribution < 1.29 is 8.78 Å². The van der Waals surface area contributed by atoms with Crippen molar-refractivity contribution in [2.24, 2.45) is 5.92 Å². The molecule has 0 heterocycles. The fourth-order valence-corrected chi connectivity index (χ4v) is 4.96. The summed E-state index contributed by atoms with van der Waals surface area (Å²) in [5, 5.41) is 0. The first-order valence-corrected chi connectivity index (χ1v) is 12.6. The third-order valence-electron chi connectivity index (χ3n) is 6.87. The van der Waals surface area contributed by atoms with Crippen LogP contribution in [-0.4, -0.2) is 0 Å². The molecule has 1 atom stereocenters. The topological polar surface area (TPSA) is 0 Å². The maximum atomic E-state index is 13.4. The van der Waals surface area contributed by atoms with Crippen LogP contribution in [0.1, 0.15) is 86.5 Å². The van der Waals surface area contributed by atoms with Crippen molar-refractivity contribution in [1.82, 2.24) is 0 Å². The molecule has 0 aliphatic heterocycles. The van der Waals surface area contributed by atoms with Crippen LogP contribution in [0.25, 0.3) is 0 Å². The fraction of sp³-hybridized carbons (Fsp3) is 0.419. The summed E-state index contributed by atoms with van der Waals surface area (Å²) in [4.78, 5) is 0. The maximum absolute atomic E-state index is 13.4. The second-order valence-electron chi connectivity index (χ2n) is 9.43. The van der Waals surface area contributed by atoms with E-state index in [1.807, 2.05) is 24.3 Å². The van der Waals surface area contributed by atoms with Crippen molar-refractivity contribution in [2.45, 2.75) is 77.6 Å². The van der Waals surface area contributed by atoms with E-state index in [9.17, 15) is 8.78 Å². The van der Waals surface area contributed by atoms with Gasteiger partial charge in [-0.05, 0) is 72.2 Å². The molecular weight excluding hydrogens is 410 g/mol. The smallest absolute Gasteiger partial charge is 0.123 e. The van der Waals surface area contributed by atoms with Crippen LogP contribution in [-0.2, 0) is 6.42 Å². The first-order chi connectivity index (χ1) is 16.1. The molecule has 3 aromatic rings. The summed E-state index contributed by atoms with van der Waals surface area (Å²) in [5.41, 5.74) is 5.11. The Hall–Kier alpha value is -2.48. The molecule has 0 amide bonds. The Bertz CT molecular complexity index is 898. The predicted molar refractivity (Wildman–Crippen MR) is 136 cm³/mol. The molecule has 0 bridgehead atoms. The van der Waals surface area contributed by atoms with Gasteiger partial charge in [0.25, 0.3) is 0 Å². The fourth-order valence-electron chi connectivity index (χ4n) is 4.96. The molecular formula is C31H38F2. The molecule has 0 radical (unpaired) electrons. The molecule has 33 heavy (non-hydrogen) atoms. The van der Waals surface area contributed by atoms with Crippen LogP contribution in [0.2, 0.25) is 0 Å². The van der Waals surface area contributed by atoms with E-state index < -0.39 is 0 Å². The number of unbranched alkanes of at least 4 members (excludes halogenated alkanes) is 3. The zero-order chi connectivity index (χ0) is 23.5. The van der Waals surface area contributed by atoms with Gasteiger partial charge in [0.1, 0.15) is 11.6 Å². The highest BCUT2D eigenvalue weighted by Gasteiger charge is 2.15. The molecule has 0 nitrogen and oxygen atoms in total. The van der Waals surface area contributed by atoms with Gasteiger partial charge in [0.15, 0.2) is 0 Å². The maximum Gasteiger partial charge on any atom is 0.123 e. The largest absolute Gasteiger partial charge is 0.207 e. The average molecular weight is 449 g/mol. The Morgan fingerprint density at radius 3 is 1.73 bits per heavy atom. The highest BCUT2D eigenvalue weighted by Crippen LogP contribution is 2.31. The number of benzene rings is 3. The van der Waals surface area contributed by atoms with E-state index in [-0.39, 0.29) is 17.6 Å². The van der Waals surface area contributed by atoms with E-state index in [0.29, 0.717) is 0 Å². The van der Waals surface area contributed by atoms with Crippen LogP contribution in [0, 0.1) is 24.5 Å². The lowest BCUT2D eigenvalue weighted by atomic mass is 9.86. The zero-order valence-corrected chi connectivity index (χ0v) is 20.2. The van der Waals surface area contributed by atoms with E-state index >= 15 is 0 Å². The van der Waals surface area contributed by atoms with Gasteiger partial charge in [-0.25, -0.2) is 8.78 Å². The Morgan fingerprint density at radius 2 is 1.18 bits per heavy atom. The number of halogens is 2. The quantitative estimate of drug-likeness (QED) is 0.228. The van der Waals surface area contributed by atoms with E-state index in [2.05, 4.69) is 38.1 Å². The normalized spacial score (nSPS) is 12.3. The molecule has 0 fully saturated rings. The van der Waals surface area contributed by atoms with Crippen molar-refractivity contribution in [3.05, 3.63) is 107 Å². The van der Waals surface area contributed by atoms with Gasteiger partial charge in [-0.3, -0.25) is 0 Å². The van der Waals surface area contributed by atoms with Gasteiger partial charge in [0.2, 0.25) is 0 Å². The number of rotatable bonds is 13.